The lowest BCUT2D eigenvalue weighted by molar-refractivity contribution is 0.0374. The van der Waals surface area contributed by atoms with Gasteiger partial charge in [-0.3, -0.25) is 5.10 Å². The number of rotatable bonds is 7. The number of halogens is 1. The molecule has 1 fully saturated rings. The molecule has 1 saturated heterocycles. The number of benzene rings is 1. The van der Waals surface area contributed by atoms with Crippen LogP contribution in [0.4, 0.5) is 10.2 Å². The first kappa shape index (κ1) is 20.5. The van der Waals surface area contributed by atoms with Crippen molar-refractivity contribution in [3.8, 4) is 17.1 Å². The molecule has 0 aliphatic carbocycles. The van der Waals surface area contributed by atoms with E-state index < -0.39 is 5.82 Å². The first-order chi connectivity index (χ1) is 14.5. The zero-order valence-corrected chi connectivity index (χ0v) is 17.7. The second-order valence-corrected chi connectivity index (χ2v) is 7.89. The molecule has 1 aliphatic heterocycles. The van der Waals surface area contributed by atoms with Gasteiger partial charge in [0.05, 0.1) is 23.4 Å². The third-order valence-electron chi connectivity index (χ3n) is 5.20. The maximum Gasteiger partial charge on any atom is 0.167 e. The Labute approximate surface area is 175 Å². The molecule has 0 atom stereocenters. The van der Waals surface area contributed by atoms with Crippen LogP contribution in [-0.4, -0.2) is 52.1 Å². The quantitative estimate of drug-likeness (QED) is 0.621. The number of ether oxygens (including phenoxy) is 2. The Kier molecular flexibility index (Phi) is 6.13. The Morgan fingerprint density at radius 3 is 2.73 bits per heavy atom. The van der Waals surface area contributed by atoms with Crippen molar-refractivity contribution in [1.82, 2.24) is 20.2 Å². The maximum absolute atomic E-state index is 14.3. The zero-order valence-electron chi connectivity index (χ0n) is 17.7. The molecule has 1 aliphatic rings. The highest BCUT2D eigenvalue weighted by Gasteiger charge is 2.22. The highest BCUT2D eigenvalue weighted by Crippen LogP contribution is 2.32. The highest BCUT2D eigenvalue weighted by atomic mass is 19.1. The summed E-state index contributed by atoms with van der Waals surface area (Å²) in [7, 11) is 0. The van der Waals surface area contributed by atoms with Crippen molar-refractivity contribution in [3.05, 3.63) is 30.3 Å². The van der Waals surface area contributed by atoms with Gasteiger partial charge in [0.1, 0.15) is 17.8 Å². The number of anilines is 1. The van der Waals surface area contributed by atoms with Crippen molar-refractivity contribution < 1.29 is 13.9 Å². The molecule has 2 aromatic heterocycles. The van der Waals surface area contributed by atoms with Gasteiger partial charge in [0.25, 0.3) is 0 Å². The van der Waals surface area contributed by atoms with Crippen molar-refractivity contribution >= 4 is 16.7 Å². The van der Waals surface area contributed by atoms with Gasteiger partial charge < -0.3 is 14.4 Å². The van der Waals surface area contributed by atoms with Crippen molar-refractivity contribution in [2.24, 2.45) is 0 Å². The molecule has 0 spiro atoms. The summed E-state index contributed by atoms with van der Waals surface area (Å²) in [6, 6.07) is 5.03. The number of fused-ring (bicyclic) bond motifs is 1. The van der Waals surface area contributed by atoms with Crippen LogP contribution in [0.3, 0.4) is 0 Å². The largest absolute Gasteiger partial charge is 0.488 e. The van der Waals surface area contributed by atoms with E-state index in [1.807, 2.05) is 19.9 Å². The minimum absolute atomic E-state index is 0.123. The Balaban J connectivity index is 1.57. The van der Waals surface area contributed by atoms with Gasteiger partial charge in [-0.2, -0.15) is 5.10 Å². The van der Waals surface area contributed by atoms with E-state index >= 15 is 0 Å². The summed E-state index contributed by atoms with van der Waals surface area (Å²) in [5, 5.41) is 8.05. The van der Waals surface area contributed by atoms with Crippen LogP contribution < -0.4 is 9.64 Å². The molecule has 0 amide bonds. The van der Waals surface area contributed by atoms with E-state index in [2.05, 4.69) is 32.0 Å². The van der Waals surface area contributed by atoms with Crippen molar-refractivity contribution in [3.63, 3.8) is 0 Å². The Morgan fingerprint density at radius 2 is 2.00 bits per heavy atom. The van der Waals surface area contributed by atoms with E-state index in [4.69, 9.17) is 9.47 Å². The first-order valence-electron chi connectivity index (χ1n) is 10.6. The van der Waals surface area contributed by atoms with E-state index in [0.717, 1.165) is 50.2 Å². The molecule has 3 heterocycles. The van der Waals surface area contributed by atoms with Crippen LogP contribution in [-0.2, 0) is 4.74 Å². The average Bonchev–Trinajstić information content (AvgIpc) is 3.15. The van der Waals surface area contributed by atoms with E-state index in [9.17, 15) is 4.39 Å². The molecular weight excluding hydrogens is 385 g/mol. The topological polar surface area (TPSA) is 76.2 Å². The predicted molar refractivity (Wildman–Crippen MR) is 114 cm³/mol. The van der Waals surface area contributed by atoms with Crippen LogP contribution in [0.2, 0.25) is 0 Å². The average molecular weight is 413 g/mol. The molecule has 3 aromatic rings. The molecule has 0 saturated carbocycles. The van der Waals surface area contributed by atoms with Crippen molar-refractivity contribution in [2.75, 3.05) is 24.6 Å². The lowest BCUT2D eigenvalue weighted by Gasteiger charge is -2.32. The van der Waals surface area contributed by atoms with Crippen LogP contribution in [0.25, 0.3) is 22.3 Å². The molecule has 1 aromatic carbocycles. The summed E-state index contributed by atoms with van der Waals surface area (Å²) >= 11 is 0. The Hall–Kier alpha value is -2.74. The first-order valence-corrected chi connectivity index (χ1v) is 10.6. The van der Waals surface area contributed by atoms with Gasteiger partial charge in [-0.1, -0.05) is 6.92 Å². The Morgan fingerprint density at radius 1 is 1.20 bits per heavy atom. The van der Waals surface area contributed by atoms with Crippen LogP contribution in [0.5, 0.6) is 5.75 Å². The van der Waals surface area contributed by atoms with Crippen LogP contribution >= 0.6 is 0 Å². The summed E-state index contributed by atoms with van der Waals surface area (Å²) in [4.78, 5) is 11.1. The number of nitrogens with one attached hydrogen (secondary N) is 1. The number of hydrogen-bond donors (Lipinski definition) is 1. The van der Waals surface area contributed by atoms with Gasteiger partial charge in [0.15, 0.2) is 11.6 Å². The van der Waals surface area contributed by atoms with Crippen LogP contribution in [0.15, 0.2) is 24.5 Å². The minimum atomic E-state index is -0.414. The molecule has 0 bridgehead atoms. The number of aromatic nitrogens is 4. The van der Waals surface area contributed by atoms with E-state index in [-0.39, 0.29) is 11.9 Å². The summed E-state index contributed by atoms with van der Waals surface area (Å²) < 4.78 is 25.8. The minimum Gasteiger partial charge on any atom is -0.488 e. The standard InChI is InChI=1S/C22H28FN5O2/c1-4-9-29-15-5-7-28(8-6-15)21-12-19(24-13-25-21)22-16-10-20(30-14(2)3)17(23)11-18(16)26-27-22/h10-15H,4-9H2,1-3H3,(H,26,27). The maximum atomic E-state index is 14.3. The van der Waals surface area contributed by atoms with E-state index in [0.29, 0.717) is 23.0 Å². The molecular formula is C22H28FN5O2. The van der Waals surface area contributed by atoms with Gasteiger partial charge >= 0.3 is 0 Å². The fourth-order valence-corrected chi connectivity index (χ4v) is 3.74. The predicted octanol–water partition coefficient (Wildman–Crippen LogP) is 4.34. The van der Waals surface area contributed by atoms with Gasteiger partial charge in [-0.25, -0.2) is 14.4 Å². The van der Waals surface area contributed by atoms with Gasteiger partial charge in [-0.05, 0) is 39.2 Å². The molecule has 4 rings (SSSR count). The third-order valence-corrected chi connectivity index (χ3v) is 5.20. The highest BCUT2D eigenvalue weighted by molar-refractivity contribution is 5.93. The van der Waals surface area contributed by atoms with Crippen molar-refractivity contribution in [1.29, 1.82) is 0 Å². The second kappa shape index (κ2) is 8.95. The number of hydrogen-bond acceptors (Lipinski definition) is 6. The van der Waals surface area contributed by atoms with E-state index in [1.165, 1.54) is 6.07 Å². The molecule has 30 heavy (non-hydrogen) atoms. The Bertz CT molecular complexity index is 998. The number of piperidine rings is 1. The van der Waals surface area contributed by atoms with Crippen LogP contribution in [0.1, 0.15) is 40.0 Å². The monoisotopic (exact) mass is 413 g/mol. The number of H-pyrrole nitrogens is 1. The summed E-state index contributed by atoms with van der Waals surface area (Å²) in [5.41, 5.74) is 1.95. The molecule has 7 nitrogen and oxygen atoms in total. The summed E-state index contributed by atoms with van der Waals surface area (Å²) in [5.74, 6) is 0.664. The van der Waals surface area contributed by atoms with E-state index in [1.54, 1.807) is 12.4 Å². The fraction of sp³-hybridized carbons (Fsp3) is 0.500. The zero-order chi connectivity index (χ0) is 21.1. The lowest BCUT2D eigenvalue weighted by Crippen LogP contribution is -2.37. The molecule has 0 radical (unpaired) electrons. The molecule has 160 valence electrons. The van der Waals surface area contributed by atoms with Crippen molar-refractivity contribution in [2.45, 2.75) is 52.2 Å². The summed E-state index contributed by atoms with van der Waals surface area (Å²) in [6.07, 6.45) is 4.77. The summed E-state index contributed by atoms with van der Waals surface area (Å²) in [6.45, 7) is 8.47. The SMILES string of the molecule is CCCOC1CCN(c2cc(-c3n[nH]c4cc(F)c(OC(C)C)cc34)ncn2)CC1. The molecule has 0 unspecified atom stereocenters. The van der Waals surface area contributed by atoms with Crippen LogP contribution in [0, 0.1) is 5.82 Å². The van der Waals surface area contributed by atoms with Gasteiger partial charge in [-0.15, -0.1) is 0 Å². The smallest absolute Gasteiger partial charge is 0.167 e. The van der Waals surface area contributed by atoms with Gasteiger partial charge in [0, 0.05) is 37.2 Å². The normalized spacial score (nSPS) is 15.3. The van der Waals surface area contributed by atoms with Gasteiger partial charge in [0.2, 0.25) is 0 Å². The number of aromatic amines is 1. The lowest BCUT2D eigenvalue weighted by atomic mass is 10.1. The number of nitrogens with zero attached hydrogens (tertiary/aromatic N) is 4. The second-order valence-electron chi connectivity index (χ2n) is 7.89. The molecule has 1 N–H and O–H groups in total. The molecule has 8 heteroatoms. The fourth-order valence-electron chi connectivity index (χ4n) is 3.74. The third kappa shape index (κ3) is 4.38.